The van der Waals surface area contributed by atoms with E-state index in [0.29, 0.717) is 0 Å². The van der Waals surface area contributed by atoms with Gasteiger partial charge in [0.25, 0.3) is 0 Å². The molecule has 1 N–H and O–H groups in total. The highest BCUT2D eigenvalue weighted by atomic mass is 16.2. The van der Waals surface area contributed by atoms with Gasteiger partial charge >= 0.3 is 0 Å². The number of hydrogen-bond donors (Lipinski definition) is 1. The Balaban J connectivity index is 2.16. The lowest BCUT2D eigenvalue weighted by atomic mass is 10.0. The van der Waals surface area contributed by atoms with Crippen LogP contribution in [0, 0.1) is 13.8 Å². The summed E-state index contributed by atoms with van der Waals surface area (Å²) in [6, 6.07) is 6.38. The lowest BCUT2D eigenvalue weighted by Crippen LogP contribution is -2.41. The maximum atomic E-state index is 12.2. The fourth-order valence-corrected chi connectivity index (χ4v) is 2.39. The number of nitrogens with zero attached hydrogens (tertiary/aromatic N) is 1. The second-order valence-electron chi connectivity index (χ2n) is 5.22. The molecular formula is C15H22N2O. The molecule has 1 aliphatic heterocycles. The Morgan fingerprint density at radius 2 is 2.17 bits per heavy atom. The fourth-order valence-electron chi connectivity index (χ4n) is 2.39. The van der Waals surface area contributed by atoms with Crippen LogP contribution in [0.25, 0.3) is 0 Å². The molecule has 0 radical (unpaired) electrons. The van der Waals surface area contributed by atoms with Gasteiger partial charge in [-0.05, 0) is 44.9 Å². The van der Waals surface area contributed by atoms with Gasteiger partial charge in [0.2, 0.25) is 5.91 Å². The van der Waals surface area contributed by atoms with Gasteiger partial charge < -0.3 is 10.2 Å². The molecule has 1 aliphatic rings. The average Bonchev–Trinajstić information content (AvgIpc) is 2.49. The molecule has 1 unspecified atom stereocenters. The number of carbonyl (C=O) groups excluding carboxylic acids is 1. The minimum absolute atomic E-state index is 0.0578. The summed E-state index contributed by atoms with van der Waals surface area (Å²) in [4.78, 5) is 14.2. The van der Waals surface area contributed by atoms with Crippen LogP contribution in [0.5, 0.6) is 0 Å². The van der Waals surface area contributed by atoms with Crippen LogP contribution in [0.4, 0.5) is 0 Å². The Bertz CT molecular complexity index is 442. The molecule has 0 saturated carbocycles. The van der Waals surface area contributed by atoms with Crippen molar-refractivity contribution >= 4 is 5.91 Å². The molecule has 0 aromatic heterocycles. The SMILES string of the molecule is Cc1ccc(C)c(CN2CCCNC(C)C2=O)c1. The van der Waals surface area contributed by atoms with E-state index in [1.807, 2.05) is 11.8 Å². The molecule has 1 atom stereocenters. The fraction of sp³-hybridized carbons (Fsp3) is 0.533. The lowest BCUT2D eigenvalue weighted by molar-refractivity contribution is -0.132. The van der Waals surface area contributed by atoms with Crippen LogP contribution in [0.1, 0.15) is 30.0 Å². The predicted molar refractivity (Wildman–Crippen MR) is 73.4 cm³/mol. The zero-order valence-corrected chi connectivity index (χ0v) is 11.5. The van der Waals surface area contributed by atoms with Gasteiger partial charge in [0.15, 0.2) is 0 Å². The van der Waals surface area contributed by atoms with Crippen molar-refractivity contribution in [1.29, 1.82) is 0 Å². The first-order chi connectivity index (χ1) is 8.58. The number of aryl methyl sites for hydroxylation is 2. The Morgan fingerprint density at radius 1 is 1.39 bits per heavy atom. The first-order valence-electron chi connectivity index (χ1n) is 6.66. The zero-order chi connectivity index (χ0) is 13.1. The second-order valence-corrected chi connectivity index (χ2v) is 5.22. The van der Waals surface area contributed by atoms with Gasteiger partial charge in [0.1, 0.15) is 0 Å². The van der Waals surface area contributed by atoms with Gasteiger partial charge in [-0.3, -0.25) is 4.79 Å². The van der Waals surface area contributed by atoms with Crippen LogP contribution in [-0.2, 0) is 11.3 Å². The van der Waals surface area contributed by atoms with Crippen LogP contribution in [0.3, 0.4) is 0 Å². The molecular weight excluding hydrogens is 224 g/mol. The van der Waals surface area contributed by atoms with E-state index in [2.05, 4.69) is 37.4 Å². The van der Waals surface area contributed by atoms with E-state index in [1.54, 1.807) is 0 Å². The molecule has 98 valence electrons. The lowest BCUT2D eigenvalue weighted by Gasteiger charge is -2.23. The van der Waals surface area contributed by atoms with E-state index in [9.17, 15) is 4.79 Å². The van der Waals surface area contributed by atoms with Gasteiger partial charge in [-0.25, -0.2) is 0 Å². The molecule has 0 bridgehead atoms. The van der Waals surface area contributed by atoms with Crippen LogP contribution >= 0.6 is 0 Å². The van der Waals surface area contributed by atoms with Crippen molar-refractivity contribution in [3.05, 3.63) is 34.9 Å². The van der Waals surface area contributed by atoms with Crippen molar-refractivity contribution in [3.8, 4) is 0 Å². The first kappa shape index (κ1) is 13.1. The summed E-state index contributed by atoms with van der Waals surface area (Å²) in [5, 5.41) is 3.24. The minimum Gasteiger partial charge on any atom is -0.337 e. The number of carbonyl (C=O) groups is 1. The maximum Gasteiger partial charge on any atom is 0.239 e. The van der Waals surface area contributed by atoms with Gasteiger partial charge in [0.05, 0.1) is 6.04 Å². The van der Waals surface area contributed by atoms with E-state index in [4.69, 9.17) is 0 Å². The largest absolute Gasteiger partial charge is 0.337 e. The molecule has 0 aliphatic carbocycles. The van der Waals surface area contributed by atoms with Crippen molar-refractivity contribution in [1.82, 2.24) is 10.2 Å². The molecule has 1 saturated heterocycles. The number of nitrogens with one attached hydrogen (secondary N) is 1. The Labute approximate surface area is 109 Å². The first-order valence-corrected chi connectivity index (χ1v) is 6.66. The third kappa shape index (κ3) is 2.91. The van der Waals surface area contributed by atoms with E-state index in [1.165, 1.54) is 16.7 Å². The topological polar surface area (TPSA) is 32.3 Å². The van der Waals surface area contributed by atoms with Gasteiger partial charge in [-0.15, -0.1) is 0 Å². The number of amides is 1. The molecule has 18 heavy (non-hydrogen) atoms. The van der Waals surface area contributed by atoms with Crippen molar-refractivity contribution in [2.75, 3.05) is 13.1 Å². The van der Waals surface area contributed by atoms with E-state index in [0.717, 1.165) is 26.1 Å². The second kappa shape index (κ2) is 5.53. The average molecular weight is 246 g/mol. The Hall–Kier alpha value is -1.35. The Kier molecular flexibility index (Phi) is 4.02. The summed E-state index contributed by atoms with van der Waals surface area (Å²) in [7, 11) is 0. The molecule has 3 heteroatoms. The highest BCUT2D eigenvalue weighted by molar-refractivity contribution is 5.81. The minimum atomic E-state index is -0.0578. The summed E-state index contributed by atoms with van der Waals surface area (Å²) in [6.45, 7) is 8.66. The summed E-state index contributed by atoms with van der Waals surface area (Å²) < 4.78 is 0. The van der Waals surface area contributed by atoms with Crippen LogP contribution in [-0.4, -0.2) is 29.9 Å². The molecule has 1 fully saturated rings. The van der Waals surface area contributed by atoms with E-state index < -0.39 is 0 Å². The normalized spacial score (nSPS) is 20.9. The molecule has 1 aromatic rings. The molecule has 1 aromatic carbocycles. The predicted octanol–water partition coefficient (Wildman–Crippen LogP) is 2.01. The van der Waals surface area contributed by atoms with Gasteiger partial charge in [-0.2, -0.15) is 0 Å². The van der Waals surface area contributed by atoms with Crippen molar-refractivity contribution in [2.24, 2.45) is 0 Å². The smallest absolute Gasteiger partial charge is 0.239 e. The molecule has 1 heterocycles. The number of hydrogen-bond acceptors (Lipinski definition) is 2. The molecule has 0 spiro atoms. The quantitative estimate of drug-likeness (QED) is 0.866. The number of rotatable bonds is 2. The molecule has 1 amide bonds. The van der Waals surface area contributed by atoms with Gasteiger partial charge in [-0.1, -0.05) is 23.8 Å². The third-order valence-electron chi connectivity index (χ3n) is 3.60. The molecule has 3 nitrogen and oxygen atoms in total. The van der Waals surface area contributed by atoms with Crippen LogP contribution in [0.2, 0.25) is 0 Å². The summed E-state index contributed by atoms with van der Waals surface area (Å²) in [6.07, 6.45) is 1.03. The highest BCUT2D eigenvalue weighted by Crippen LogP contribution is 2.15. The maximum absolute atomic E-state index is 12.2. The van der Waals surface area contributed by atoms with Crippen molar-refractivity contribution < 1.29 is 4.79 Å². The van der Waals surface area contributed by atoms with Crippen LogP contribution in [0.15, 0.2) is 18.2 Å². The Morgan fingerprint density at radius 3 is 2.94 bits per heavy atom. The van der Waals surface area contributed by atoms with Crippen LogP contribution < -0.4 is 5.32 Å². The molecule has 2 rings (SSSR count). The highest BCUT2D eigenvalue weighted by Gasteiger charge is 2.23. The zero-order valence-electron chi connectivity index (χ0n) is 11.5. The van der Waals surface area contributed by atoms with Crippen molar-refractivity contribution in [3.63, 3.8) is 0 Å². The standard InChI is InChI=1S/C15H22N2O/c1-11-5-6-12(2)14(9-11)10-17-8-4-7-16-13(3)15(17)18/h5-6,9,13,16H,4,7-8,10H2,1-3H3. The third-order valence-corrected chi connectivity index (χ3v) is 3.60. The van der Waals surface area contributed by atoms with E-state index in [-0.39, 0.29) is 11.9 Å². The summed E-state index contributed by atoms with van der Waals surface area (Å²) in [5.41, 5.74) is 3.78. The number of benzene rings is 1. The summed E-state index contributed by atoms with van der Waals surface area (Å²) in [5.74, 6) is 0.216. The summed E-state index contributed by atoms with van der Waals surface area (Å²) >= 11 is 0. The van der Waals surface area contributed by atoms with Gasteiger partial charge in [0, 0.05) is 13.1 Å². The monoisotopic (exact) mass is 246 g/mol. The van der Waals surface area contributed by atoms with Crippen molar-refractivity contribution in [2.45, 2.75) is 39.8 Å². The van der Waals surface area contributed by atoms with E-state index >= 15 is 0 Å².